The predicted molar refractivity (Wildman–Crippen MR) is 109 cm³/mol. The molecule has 2 heterocycles. The molecule has 0 spiro atoms. The smallest absolute Gasteiger partial charge is 0.339 e. The first-order valence-corrected chi connectivity index (χ1v) is 10.1. The lowest BCUT2D eigenvalue weighted by molar-refractivity contribution is 0.0476. The van der Waals surface area contributed by atoms with E-state index in [-0.39, 0.29) is 18.4 Å². The topological polar surface area (TPSA) is 74.1 Å². The van der Waals surface area contributed by atoms with Crippen molar-refractivity contribution in [3.8, 4) is 0 Å². The highest BCUT2D eigenvalue weighted by Gasteiger charge is 2.28. The number of Topliss-reactive ketones (excluding diaryl/α,β-unsaturated/α-hetero) is 1. The van der Waals surface area contributed by atoms with Gasteiger partial charge in [0, 0.05) is 27.7 Å². The third kappa shape index (κ3) is 3.71. The van der Waals surface area contributed by atoms with E-state index in [0.29, 0.717) is 28.1 Å². The van der Waals surface area contributed by atoms with Crippen LogP contribution < -0.4 is 0 Å². The van der Waals surface area contributed by atoms with Gasteiger partial charge in [0.25, 0.3) is 0 Å². The normalized spacial score (nSPS) is 13.9. The highest BCUT2D eigenvalue weighted by molar-refractivity contribution is 9.10. The zero-order valence-corrected chi connectivity index (χ0v) is 17.3. The van der Waals surface area contributed by atoms with Gasteiger partial charge in [0.05, 0.1) is 17.1 Å². The van der Waals surface area contributed by atoms with Gasteiger partial charge in [-0.25, -0.2) is 14.5 Å². The minimum Gasteiger partial charge on any atom is -0.454 e. The standard InChI is InChI=1S/C21H20BrN3O3/c1-12(2)25-20-17(10-23-25)16(9-18(24-20)13-3-4-13)21(27)28-11-19(26)14-5-7-15(22)8-6-14/h5-10,12-13H,3-4,11H2,1-2H3. The Labute approximate surface area is 171 Å². The second kappa shape index (κ2) is 7.47. The average Bonchev–Trinajstić information content (AvgIpc) is 3.44. The van der Waals surface area contributed by atoms with E-state index in [1.165, 1.54) is 0 Å². The van der Waals surface area contributed by atoms with Gasteiger partial charge in [-0.15, -0.1) is 0 Å². The summed E-state index contributed by atoms with van der Waals surface area (Å²) < 4.78 is 8.04. The van der Waals surface area contributed by atoms with Crippen LogP contribution in [0.15, 0.2) is 41.0 Å². The Bertz CT molecular complexity index is 1050. The van der Waals surface area contributed by atoms with Gasteiger partial charge in [0.1, 0.15) is 0 Å². The first kappa shape index (κ1) is 18.8. The van der Waals surface area contributed by atoms with Crippen LogP contribution in [0.2, 0.25) is 0 Å². The Morgan fingerprint density at radius 3 is 2.61 bits per heavy atom. The lowest BCUT2D eigenvalue weighted by Crippen LogP contribution is -2.15. The molecule has 1 aliphatic rings. The van der Waals surface area contributed by atoms with Crippen molar-refractivity contribution in [3.63, 3.8) is 0 Å². The summed E-state index contributed by atoms with van der Waals surface area (Å²) >= 11 is 3.34. The number of ketones is 1. The molecule has 1 aliphatic carbocycles. The van der Waals surface area contributed by atoms with Crippen molar-refractivity contribution in [1.29, 1.82) is 0 Å². The molecular formula is C21H20BrN3O3. The molecule has 1 saturated carbocycles. The first-order chi connectivity index (χ1) is 13.4. The second-order valence-electron chi connectivity index (χ2n) is 7.30. The van der Waals surface area contributed by atoms with Gasteiger partial charge in [-0.05, 0) is 44.9 Å². The number of halogens is 1. The Kier molecular flexibility index (Phi) is 5.02. The summed E-state index contributed by atoms with van der Waals surface area (Å²) in [4.78, 5) is 29.8. The van der Waals surface area contributed by atoms with Crippen LogP contribution >= 0.6 is 15.9 Å². The maximum absolute atomic E-state index is 12.8. The fourth-order valence-corrected chi connectivity index (χ4v) is 3.36. The predicted octanol–water partition coefficient (Wildman–Crippen LogP) is 4.69. The van der Waals surface area contributed by atoms with E-state index >= 15 is 0 Å². The third-order valence-corrected chi connectivity index (χ3v) is 5.32. The third-order valence-electron chi connectivity index (χ3n) is 4.79. The summed E-state index contributed by atoms with van der Waals surface area (Å²) in [5.74, 6) is -0.384. The van der Waals surface area contributed by atoms with E-state index in [2.05, 4.69) is 21.0 Å². The SMILES string of the molecule is CC(C)n1ncc2c(C(=O)OCC(=O)c3ccc(Br)cc3)cc(C3CC3)nc21. The van der Waals surface area contributed by atoms with E-state index in [9.17, 15) is 9.59 Å². The van der Waals surface area contributed by atoms with E-state index in [0.717, 1.165) is 23.0 Å². The van der Waals surface area contributed by atoms with Crippen LogP contribution in [0.3, 0.4) is 0 Å². The molecule has 0 atom stereocenters. The van der Waals surface area contributed by atoms with Crippen LogP contribution in [0.4, 0.5) is 0 Å². The Hall–Kier alpha value is -2.54. The van der Waals surface area contributed by atoms with Gasteiger partial charge in [0.2, 0.25) is 0 Å². The van der Waals surface area contributed by atoms with Crippen LogP contribution in [0.25, 0.3) is 11.0 Å². The van der Waals surface area contributed by atoms with E-state index < -0.39 is 5.97 Å². The number of benzene rings is 1. The maximum Gasteiger partial charge on any atom is 0.339 e. The lowest BCUT2D eigenvalue weighted by Gasteiger charge is -2.10. The number of hydrogen-bond donors (Lipinski definition) is 0. The fourth-order valence-electron chi connectivity index (χ4n) is 3.10. The van der Waals surface area contributed by atoms with Crippen molar-refractivity contribution in [3.05, 3.63) is 57.8 Å². The van der Waals surface area contributed by atoms with Crippen LogP contribution in [0, 0.1) is 0 Å². The molecule has 1 fully saturated rings. The summed E-state index contributed by atoms with van der Waals surface area (Å²) in [6, 6.07) is 8.87. The molecule has 4 rings (SSSR count). The molecule has 1 aromatic carbocycles. The molecule has 144 valence electrons. The molecule has 6 nitrogen and oxygen atoms in total. The summed E-state index contributed by atoms with van der Waals surface area (Å²) in [6.45, 7) is 3.74. The van der Waals surface area contributed by atoms with Gasteiger partial charge in [-0.3, -0.25) is 4.79 Å². The summed E-state index contributed by atoms with van der Waals surface area (Å²) in [7, 11) is 0. The zero-order valence-electron chi connectivity index (χ0n) is 15.7. The largest absolute Gasteiger partial charge is 0.454 e. The van der Waals surface area contributed by atoms with Gasteiger partial charge >= 0.3 is 5.97 Å². The number of fused-ring (bicyclic) bond motifs is 1. The number of rotatable bonds is 6. The molecule has 2 aromatic heterocycles. The van der Waals surface area contributed by atoms with E-state index in [1.807, 2.05) is 18.5 Å². The molecule has 7 heteroatoms. The van der Waals surface area contributed by atoms with Crippen molar-refractivity contribution >= 4 is 38.7 Å². The summed E-state index contributed by atoms with van der Waals surface area (Å²) in [5, 5.41) is 5.04. The number of pyridine rings is 1. The van der Waals surface area contributed by atoms with Crippen LogP contribution in [-0.2, 0) is 4.74 Å². The van der Waals surface area contributed by atoms with Gasteiger partial charge < -0.3 is 4.74 Å². The van der Waals surface area contributed by atoms with Gasteiger partial charge in [-0.1, -0.05) is 28.1 Å². The molecule has 0 saturated heterocycles. The molecule has 0 N–H and O–H groups in total. The molecule has 0 unspecified atom stereocenters. The van der Waals surface area contributed by atoms with Gasteiger partial charge in [0.15, 0.2) is 18.0 Å². The number of esters is 1. The van der Waals surface area contributed by atoms with Crippen molar-refractivity contribution in [2.45, 2.75) is 38.6 Å². The second-order valence-corrected chi connectivity index (χ2v) is 8.21. The maximum atomic E-state index is 12.8. The van der Waals surface area contributed by atoms with Crippen molar-refractivity contribution in [2.75, 3.05) is 6.61 Å². The number of aromatic nitrogens is 3. The quantitative estimate of drug-likeness (QED) is 0.409. The zero-order chi connectivity index (χ0) is 19.8. The lowest BCUT2D eigenvalue weighted by atomic mass is 10.1. The number of nitrogens with zero attached hydrogens (tertiary/aromatic N) is 3. The van der Waals surface area contributed by atoms with Crippen molar-refractivity contribution in [2.24, 2.45) is 0 Å². The molecular weight excluding hydrogens is 422 g/mol. The number of carbonyl (C=O) groups is 2. The van der Waals surface area contributed by atoms with Gasteiger partial charge in [-0.2, -0.15) is 5.10 Å². The molecule has 0 bridgehead atoms. The van der Waals surface area contributed by atoms with Crippen molar-refractivity contribution < 1.29 is 14.3 Å². The van der Waals surface area contributed by atoms with Crippen LogP contribution in [0.5, 0.6) is 0 Å². The highest BCUT2D eigenvalue weighted by atomic mass is 79.9. The summed E-state index contributed by atoms with van der Waals surface area (Å²) in [5.41, 5.74) is 2.50. The monoisotopic (exact) mass is 441 g/mol. The van der Waals surface area contributed by atoms with Crippen molar-refractivity contribution in [1.82, 2.24) is 14.8 Å². The number of ether oxygens (including phenoxy) is 1. The fraction of sp³-hybridized carbons (Fsp3) is 0.333. The molecule has 28 heavy (non-hydrogen) atoms. The first-order valence-electron chi connectivity index (χ1n) is 9.28. The molecule has 0 radical (unpaired) electrons. The molecule has 3 aromatic rings. The Balaban J connectivity index is 1.59. The minimum atomic E-state index is -0.525. The van der Waals surface area contributed by atoms with E-state index in [4.69, 9.17) is 9.72 Å². The van der Waals surface area contributed by atoms with E-state index in [1.54, 1.807) is 36.5 Å². The molecule has 0 aliphatic heterocycles. The van der Waals surface area contributed by atoms with Crippen LogP contribution in [-0.4, -0.2) is 33.1 Å². The summed E-state index contributed by atoms with van der Waals surface area (Å²) in [6.07, 6.45) is 3.79. The Morgan fingerprint density at radius 2 is 1.96 bits per heavy atom. The molecule has 0 amide bonds. The minimum absolute atomic E-state index is 0.127. The Morgan fingerprint density at radius 1 is 1.25 bits per heavy atom. The van der Waals surface area contributed by atoms with Crippen LogP contribution in [0.1, 0.15) is 65.1 Å². The number of carbonyl (C=O) groups excluding carboxylic acids is 2. The highest BCUT2D eigenvalue weighted by Crippen LogP contribution is 2.40. The average molecular weight is 442 g/mol. The number of hydrogen-bond acceptors (Lipinski definition) is 5.